The average Bonchev–Trinajstić information content (AvgIpc) is 3.15. The molecule has 18 heteroatoms. The first kappa shape index (κ1) is 40.0. The van der Waals surface area contributed by atoms with Gasteiger partial charge in [-0.3, -0.25) is 4.79 Å². The number of carbonyl (C=O) groups excluding carboxylic acids is 2. The molecule has 0 radical (unpaired) electrons. The van der Waals surface area contributed by atoms with E-state index in [1.54, 1.807) is 36.4 Å². The van der Waals surface area contributed by atoms with E-state index in [1.807, 2.05) is 0 Å². The Bertz CT molecular complexity index is 1770. The molecule has 3 aliphatic heterocycles. The summed E-state index contributed by atoms with van der Waals surface area (Å²) in [5.41, 5.74) is -0.114. The summed E-state index contributed by atoms with van der Waals surface area (Å²) in [5, 5.41) is 47.4. The maximum Gasteiger partial charge on any atom is 0.416 e. The summed E-state index contributed by atoms with van der Waals surface area (Å²) in [7, 11) is 0. The Hall–Kier alpha value is -3.72. The van der Waals surface area contributed by atoms with Gasteiger partial charge in [0.15, 0.2) is 18.9 Å². The number of carbonyl (C=O) groups is 2. The normalized spacial score (nSPS) is 31.3. The molecular weight excluding hydrogens is 747 g/mol. The third kappa shape index (κ3) is 9.21. The molecular formula is C36H37ClF3NO13. The molecule has 3 aromatic carbocycles. The van der Waals surface area contributed by atoms with Crippen LogP contribution in [-0.2, 0) is 50.7 Å². The first-order valence-electron chi connectivity index (χ1n) is 16.7. The molecule has 3 aliphatic rings. The largest absolute Gasteiger partial charge is 0.459 e. The number of aliphatic hydroxyl groups excluding tert-OH is 4. The molecule has 0 saturated carbocycles. The smallest absolute Gasteiger partial charge is 0.416 e. The van der Waals surface area contributed by atoms with Crippen LogP contribution in [0.5, 0.6) is 0 Å². The zero-order valence-electron chi connectivity index (χ0n) is 28.4. The summed E-state index contributed by atoms with van der Waals surface area (Å²) in [6, 6.07) is 17.0. The molecule has 0 bridgehead atoms. The lowest BCUT2D eigenvalue weighted by Crippen LogP contribution is -2.66. The monoisotopic (exact) mass is 783 g/mol. The molecule has 1 amide bonds. The van der Waals surface area contributed by atoms with E-state index in [4.69, 9.17) is 44.8 Å². The standard InChI is InChI=1S/C36H37ClF3NO13/c1-17(42)41-23-12-18(10-11-22(23)37)14-49-34-28(45)26(43)31(24(51-34)15-48-32(47)20-8-5-9-21(13-20)36(38,39)40)54-35-29(46)27(44)30-25(52-35)16-50-33(53-30)19-6-3-2-4-7-19/h2-13,24-31,33-35,43-46H,14-16H2,1H3,(H,41,42)/t24-,25-,26-,27-,28-,29-,30-,31-,33-,34-,35-/m1/s1. The number of anilines is 1. The summed E-state index contributed by atoms with van der Waals surface area (Å²) < 4.78 is 80.4. The van der Waals surface area contributed by atoms with Crippen LogP contribution in [0.2, 0.25) is 5.02 Å². The van der Waals surface area contributed by atoms with Gasteiger partial charge in [0.1, 0.15) is 55.4 Å². The number of benzene rings is 3. The fourth-order valence-corrected chi connectivity index (χ4v) is 6.32. The van der Waals surface area contributed by atoms with Crippen molar-refractivity contribution < 1.29 is 76.3 Å². The van der Waals surface area contributed by atoms with Crippen molar-refractivity contribution in [3.8, 4) is 0 Å². The summed E-state index contributed by atoms with van der Waals surface area (Å²) in [6.07, 6.45) is -21.0. The Morgan fingerprint density at radius 2 is 1.63 bits per heavy atom. The Labute approximate surface area is 311 Å². The van der Waals surface area contributed by atoms with Crippen molar-refractivity contribution in [2.45, 2.75) is 87.4 Å². The van der Waals surface area contributed by atoms with Crippen LogP contribution in [0.25, 0.3) is 0 Å². The van der Waals surface area contributed by atoms with E-state index >= 15 is 0 Å². The van der Waals surface area contributed by atoms with E-state index in [-0.39, 0.29) is 29.8 Å². The highest BCUT2D eigenvalue weighted by Gasteiger charge is 2.53. The van der Waals surface area contributed by atoms with Gasteiger partial charge >= 0.3 is 12.1 Å². The van der Waals surface area contributed by atoms with E-state index in [0.717, 1.165) is 18.2 Å². The topological polar surface area (TPSA) is 192 Å². The van der Waals surface area contributed by atoms with Crippen molar-refractivity contribution >= 4 is 29.2 Å². The predicted molar refractivity (Wildman–Crippen MR) is 179 cm³/mol. The minimum atomic E-state index is -4.74. The fraction of sp³-hybridized carbons (Fsp3) is 0.444. The Kier molecular flexibility index (Phi) is 12.6. The number of rotatable bonds is 10. The maximum atomic E-state index is 13.3. The SMILES string of the molecule is CC(=O)Nc1cc(CO[C@@H]2O[C@H](COC(=O)c3cccc(C(F)(F)F)c3)[C@@H](O[C@H]3O[C@@H]4CO[C@@H](c5ccccc5)O[C@H]4[C@H](O)[C@H]3O)[C@H](O)[C@H]2O)ccc1Cl. The van der Waals surface area contributed by atoms with Gasteiger partial charge in [-0.25, -0.2) is 4.79 Å². The van der Waals surface area contributed by atoms with E-state index in [0.29, 0.717) is 17.2 Å². The van der Waals surface area contributed by atoms with Crippen molar-refractivity contribution in [3.05, 3.63) is 100 Å². The van der Waals surface area contributed by atoms with Gasteiger partial charge in [-0.05, 0) is 35.9 Å². The number of alkyl halides is 3. The molecule has 11 atom stereocenters. The summed E-state index contributed by atoms with van der Waals surface area (Å²) in [4.78, 5) is 24.5. The molecule has 0 aromatic heterocycles. The molecule has 3 aromatic rings. The second kappa shape index (κ2) is 17.0. The summed E-state index contributed by atoms with van der Waals surface area (Å²) in [6.45, 7) is 0.200. The van der Waals surface area contributed by atoms with Crippen LogP contribution in [0.1, 0.15) is 40.3 Å². The Morgan fingerprint density at radius 3 is 2.35 bits per heavy atom. The molecule has 292 valence electrons. The lowest BCUT2D eigenvalue weighted by molar-refractivity contribution is -0.386. The first-order chi connectivity index (χ1) is 25.7. The van der Waals surface area contributed by atoms with Gasteiger partial charge in [0, 0.05) is 12.5 Å². The van der Waals surface area contributed by atoms with Gasteiger partial charge in [-0.2, -0.15) is 13.2 Å². The zero-order valence-corrected chi connectivity index (χ0v) is 29.1. The molecule has 0 aliphatic carbocycles. The molecule has 0 unspecified atom stereocenters. The van der Waals surface area contributed by atoms with Crippen LogP contribution in [0.15, 0.2) is 72.8 Å². The number of fused-ring (bicyclic) bond motifs is 1. The van der Waals surface area contributed by atoms with Crippen molar-refractivity contribution in [1.29, 1.82) is 0 Å². The van der Waals surface area contributed by atoms with Gasteiger partial charge in [0.2, 0.25) is 5.91 Å². The lowest BCUT2D eigenvalue weighted by atomic mass is 9.96. The highest BCUT2D eigenvalue weighted by molar-refractivity contribution is 6.33. The Morgan fingerprint density at radius 1 is 0.889 bits per heavy atom. The minimum absolute atomic E-state index is 0.0947. The first-order valence-corrected chi connectivity index (χ1v) is 17.1. The van der Waals surface area contributed by atoms with E-state index in [9.17, 15) is 43.2 Å². The summed E-state index contributed by atoms with van der Waals surface area (Å²) in [5.74, 6) is -1.56. The zero-order chi connectivity index (χ0) is 38.7. The number of esters is 1. The molecule has 14 nitrogen and oxygen atoms in total. The number of hydrogen-bond acceptors (Lipinski definition) is 13. The number of nitrogens with one attached hydrogen (secondary N) is 1. The molecule has 3 saturated heterocycles. The van der Waals surface area contributed by atoms with Gasteiger partial charge in [-0.1, -0.05) is 54.1 Å². The summed E-state index contributed by atoms with van der Waals surface area (Å²) >= 11 is 6.15. The van der Waals surface area contributed by atoms with Crippen LogP contribution in [0.4, 0.5) is 18.9 Å². The van der Waals surface area contributed by atoms with Crippen LogP contribution in [-0.4, -0.2) is 107 Å². The van der Waals surface area contributed by atoms with E-state index < -0.39 is 97.6 Å². The third-order valence-electron chi connectivity index (χ3n) is 8.90. The number of amides is 1. The van der Waals surface area contributed by atoms with Gasteiger partial charge in [-0.15, -0.1) is 0 Å². The fourth-order valence-electron chi connectivity index (χ4n) is 6.16. The molecule has 6 rings (SSSR count). The second-order valence-corrected chi connectivity index (χ2v) is 13.2. The molecule has 5 N–H and O–H groups in total. The second-order valence-electron chi connectivity index (χ2n) is 12.8. The number of halogens is 4. The third-order valence-corrected chi connectivity index (χ3v) is 9.23. The highest BCUT2D eigenvalue weighted by Crippen LogP contribution is 2.37. The van der Waals surface area contributed by atoms with Gasteiger partial charge in [0.25, 0.3) is 0 Å². The minimum Gasteiger partial charge on any atom is -0.459 e. The van der Waals surface area contributed by atoms with Crippen molar-refractivity contribution in [2.75, 3.05) is 18.5 Å². The van der Waals surface area contributed by atoms with Crippen LogP contribution in [0.3, 0.4) is 0 Å². The molecule has 3 heterocycles. The van der Waals surface area contributed by atoms with Crippen molar-refractivity contribution in [3.63, 3.8) is 0 Å². The quantitative estimate of drug-likeness (QED) is 0.189. The maximum absolute atomic E-state index is 13.3. The van der Waals surface area contributed by atoms with Crippen LogP contribution >= 0.6 is 11.6 Å². The lowest BCUT2D eigenvalue weighted by Gasteiger charge is -2.48. The van der Waals surface area contributed by atoms with Crippen molar-refractivity contribution in [1.82, 2.24) is 0 Å². The van der Waals surface area contributed by atoms with E-state index in [1.165, 1.54) is 19.1 Å². The van der Waals surface area contributed by atoms with E-state index in [2.05, 4.69) is 5.32 Å². The van der Waals surface area contributed by atoms with Crippen LogP contribution in [0, 0.1) is 0 Å². The van der Waals surface area contributed by atoms with Crippen LogP contribution < -0.4 is 5.32 Å². The number of aliphatic hydroxyl groups is 4. The van der Waals surface area contributed by atoms with Crippen molar-refractivity contribution in [2.24, 2.45) is 0 Å². The molecule has 0 spiro atoms. The van der Waals surface area contributed by atoms with Gasteiger partial charge < -0.3 is 58.9 Å². The highest BCUT2D eigenvalue weighted by atomic mass is 35.5. The molecule has 54 heavy (non-hydrogen) atoms. The molecule has 3 fully saturated rings. The van der Waals surface area contributed by atoms with Gasteiger partial charge in [0.05, 0.1) is 35.1 Å². The Balaban J connectivity index is 1.18. The number of hydrogen-bond donors (Lipinski definition) is 5. The number of ether oxygens (including phenoxy) is 7. The predicted octanol–water partition coefficient (Wildman–Crippen LogP) is 3.08. The average molecular weight is 784 g/mol.